The third kappa shape index (κ3) is 1.14. The number of aryl methyl sites for hydroxylation is 1. The summed E-state index contributed by atoms with van der Waals surface area (Å²) in [6, 6.07) is 0. The molecule has 0 spiro atoms. The van der Waals surface area contributed by atoms with Crippen molar-refractivity contribution >= 4 is 0 Å². The first-order valence-electron chi connectivity index (χ1n) is 3.92. The number of hydrogen-bond donors (Lipinski definition) is 1. The number of hydrogen-bond acceptors (Lipinski definition) is 3. The molecule has 0 saturated carbocycles. The third-order valence-corrected chi connectivity index (χ3v) is 2.17. The molecule has 1 N–H and O–H groups in total. The molecule has 2 heterocycles. The van der Waals surface area contributed by atoms with Crippen molar-refractivity contribution in [1.82, 2.24) is 20.1 Å². The van der Waals surface area contributed by atoms with Crippen LogP contribution in [-0.2, 0) is 7.05 Å². The van der Waals surface area contributed by atoms with Crippen LogP contribution >= 0.6 is 0 Å². The average Bonchev–Trinajstić information content (AvgIpc) is 2.55. The van der Waals surface area contributed by atoms with Gasteiger partial charge in [-0.05, 0) is 13.0 Å². The first kappa shape index (κ1) is 6.79. The Morgan fingerprint density at radius 3 is 3.18 bits per heavy atom. The maximum atomic E-state index is 4.07. The molecule has 1 fully saturated rings. The van der Waals surface area contributed by atoms with Crippen molar-refractivity contribution in [2.24, 2.45) is 7.05 Å². The van der Waals surface area contributed by atoms with E-state index in [2.05, 4.69) is 15.5 Å². The van der Waals surface area contributed by atoms with Crippen molar-refractivity contribution in [2.45, 2.75) is 12.3 Å². The van der Waals surface area contributed by atoms with Gasteiger partial charge in [-0.3, -0.25) is 0 Å². The SMILES string of the molecule is Cn1cnnc1[C@@H]1CCNC1. The molecule has 0 radical (unpaired) electrons. The highest BCUT2D eigenvalue weighted by Gasteiger charge is 2.20. The summed E-state index contributed by atoms with van der Waals surface area (Å²) in [6.07, 6.45) is 2.94. The number of nitrogens with zero attached hydrogens (tertiary/aromatic N) is 3. The molecular weight excluding hydrogens is 140 g/mol. The molecule has 1 saturated heterocycles. The van der Waals surface area contributed by atoms with Crippen molar-refractivity contribution < 1.29 is 0 Å². The Balaban J connectivity index is 2.21. The Morgan fingerprint density at radius 2 is 2.64 bits per heavy atom. The molecule has 1 aromatic heterocycles. The van der Waals surface area contributed by atoms with Crippen LogP contribution in [0.25, 0.3) is 0 Å². The molecule has 0 unspecified atom stereocenters. The number of rotatable bonds is 1. The standard InChI is InChI=1S/C7H12N4/c1-11-5-9-10-7(11)6-2-3-8-4-6/h5-6,8H,2-4H2,1H3/t6-/m1/s1. The van der Waals surface area contributed by atoms with Gasteiger partial charge in [0.15, 0.2) is 0 Å². The zero-order valence-electron chi connectivity index (χ0n) is 6.62. The topological polar surface area (TPSA) is 42.7 Å². The van der Waals surface area contributed by atoms with Gasteiger partial charge in [0.25, 0.3) is 0 Å². The summed E-state index contributed by atoms with van der Waals surface area (Å²) in [5, 5.41) is 11.2. The van der Waals surface area contributed by atoms with Gasteiger partial charge in [-0.15, -0.1) is 10.2 Å². The Morgan fingerprint density at radius 1 is 1.73 bits per heavy atom. The molecular formula is C7H12N4. The molecule has 60 valence electrons. The summed E-state index contributed by atoms with van der Waals surface area (Å²) < 4.78 is 2.00. The fourth-order valence-corrected chi connectivity index (χ4v) is 1.54. The van der Waals surface area contributed by atoms with Crippen molar-refractivity contribution in [3.63, 3.8) is 0 Å². The van der Waals surface area contributed by atoms with Gasteiger partial charge in [0, 0.05) is 19.5 Å². The molecule has 1 aliphatic rings. The van der Waals surface area contributed by atoms with Gasteiger partial charge < -0.3 is 9.88 Å². The van der Waals surface area contributed by atoms with Crippen LogP contribution in [0.5, 0.6) is 0 Å². The molecule has 1 aliphatic heterocycles. The molecule has 2 rings (SSSR count). The van der Waals surface area contributed by atoms with Gasteiger partial charge in [0.1, 0.15) is 12.2 Å². The number of nitrogens with one attached hydrogen (secondary N) is 1. The predicted molar refractivity (Wildman–Crippen MR) is 41.2 cm³/mol. The highest BCUT2D eigenvalue weighted by atomic mass is 15.3. The molecule has 1 atom stereocenters. The number of aromatic nitrogens is 3. The minimum Gasteiger partial charge on any atom is -0.320 e. The van der Waals surface area contributed by atoms with Gasteiger partial charge in [0.05, 0.1) is 0 Å². The maximum absolute atomic E-state index is 4.07. The predicted octanol–water partition coefficient (Wildman–Crippen LogP) is -0.108. The lowest BCUT2D eigenvalue weighted by atomic mass is 10.1. The van der Waals surface area contributed by atoms with E-state index in [1.54, 1.807) is 6.33 Å². The van der Waals surface area contributed by atoms with E-state index in [4.69, 9.17) is 0 Å². The Kier molecular flexibility index (Phi) is 1.62. The van der Waals surface area contributed by atoms with E-state index in [0.717, 1.165) is 18.9 Å². The highest BCUT2D eigenvalue weighted by Crippen LogP contribution is 2.18. The summed E-state index contributed by atoms with van der Waals surface area (Å²) in [6.45, 7) is 2.16. The Bertz CT molecular complexity index is 236. The lowest BCUT2D eigenvalue weighted by Crippen LogP contribution is -2.10. The Labute approximate surface area is 65.6 Å². The van der Waals surface area contributed by atoms with E-state index < -0.39 is 0 Å². The zero-order valence-corrected chi connectivity index (χ0v) is 6.62. The Hall–Kier alpha value is -0.900. The summed E-state index contributed by atoms with van der Waals surface area (Å²) in [4.78, 5) is 0. The van der Waals surface area contributed by atoms with E-state index in [-0.39, 0.29) is 0 Å². The molecule has 4 nitrogen and oxygen atoms in total. The van der Waals surface area contributed by atoms with E-state index in [9.17, 15) is 0 Å². The van der Waals surface area contributed by atoms with Gasteiger partial charge in [-0.2, -0.15) is 0 Å². The zero-order chi connectivity index (χ0) is 7.68. The van der Waals surface area contributed by atoms with Crippen LogP contribution in [0.3, 0.4) is 0 Å². The first-order valence-corrected chi connectivity index (χ1v) is 3.92. The minimum atomic E-state index is 0.572. The van der Waals surface area contributed by atoms with Crippen LogP contribution in [0.4, 0.5) is 0 Å². The van der Waals surface area contributed by atoms with Crippen molar-refractivity contribution in [1.29, 1.82) is 0 Å². The van der Waals surface area contributed by atoms with Crippen LogP contribution < -0.4 is 5.32 Å². The monoisotopic (exact) mass is 152 g/mol. The second-order valence-electron chi connectivity index (χ2n) is 2.99. The minimum absolute atomic E-state index is 0.572. The van der Waals surface area contributed by atoms with Crippen molar-refractivity contribution in [2.75, 3.05) is 13.1 Å². The van der Waals surface area contributed by atoms with Crippen LogP contribution in [-0.4, -0.2) is 27.9 Å². The molecule has 0 aromatic carbocycles. The van der Waals surface area contributed by atoms with Crippen LogP contribution in [0.15, 0.2) is 6.33 Å². The summed E-state index contributed by atoms with van der Waals surface area (Å²) in [5.41, 5.74) is 0. The molecule has 0 bridgehead atoms. The fraction of sp³-hybridized carbons (Fsp3) is 0.714. The van der Waals surface area contributed by atoms with Crippen LogP contribution in [0.1, 0.15) is 18.2 Å². The third-order valence-electron chi connectivity index (χ3n) is 2.17. The molecule has 1 aromatic rings. The van der Waals surface area contributed by atoms with Gasteiger partial charge in [-0.1, -0.05) is 0 Å². The smallest absolute Gasteiger partial charge is 0.136 e. The second-order valence-corrected chi connectivity index (χ2v) is 2.99. The van der Waals surface area contributed by atoms with Crippen LogP contribution in [0, 0.1) is 0 Å². The van der Waals surface area contributed by atoms with E-state index in [1.807, 2.05) is 11.6 Å². The lowest BCUT2D eigenvalue weighted by molar-refractivity contribution is 0.657. The average molecular weight is 152 g/mol. The van der Waals surface area contributed by atoms with Gasteiger partial charge in [-0.25, -0.2) is 0 Å². The van der Waals surface area contributed by atoms with Crippen molar-refractivity contribution in [3.05, 3.63) is 12.2 Å². The van der Waals surface area contributed by atoms with Gasteiger partial charge >= 0.3 is 0 Å². The largest absolute Gasteiger partial charge is 0.320 e. The van der Waals surface area contributed by atoms with Crippen LogP contribution in [0.2, 0.25) is 0 Å². The van der Waals surface area contributed by atoms with E-state index in [0.29, 0.717) is 5.92 Å². The first-order chi connectivity index (χ1) is 5.38. The molecule has 11 heavy (non-hydrogen) atoms. The molecule has 4 heteroatoms. The lowest BCUT2D eigenvalue weighted by Gasteiger charge is -2.05. The normalized spacial score (nSPS) is 24.3. The summed E-state index contributed by atoms with van der Waals surface area (Å²) >= 11 is 0. The molecule has 0 aliphatic carbocycles. The van der Waals surface area contributed by atoms with Crippen molar-refractivity contribution in [3.8, 4) is 0 Å². The van der Waals surface area contributed by atoms with E-state index in [1.165, 1.54) is 6.42 Å². The van der Waals surface area contributed by atoms with E-state index >= 15 is 0 Å². The fourth-order valence-electron chi connectivity index (χ4n) is 1.54. The quantitative estimate of drug-likeness (QED) is 0.610. The summed E-state index contributed by atoms with van der Waals surface area (Å²) in [7, 11) is 1.99. The summed E-state index contributed by atoms with van der Waals surface area (Å²) in [5.74, 6) is 1.68. The second kappa shape index (κ2) is 2.62. The highest BCUT2D eigenvalue weighted by molar-refractivity contribution is 4.99. The maximum Gasteiger partial charge on any atom is 0.136 e. The molecule has 0 amide bonds. The van der Waals surface area contributed by atoms with Gasteiger partial charge in [0.2, 0.25) is 0 Å².